The lowest BCUT2D eigenvalue weighted by molar-refractivity contribution is 0.618. The number of fused-ring (bicyclic) bond motifs is 9. The molecule has 0 saturated carbocycles. The van der Waals surface area contributed by atoms with E-state index in [2.05, 4.69) is 177 Å². The predicted octanol–water partition coefficient (Wildman–Crippen LogP) is 14.9. The molecule has 0 bridgehead atoms. The maximum atomic E-state index is 3.76. The summed E-state index contributed by atoms with van der Waals surface area (Å²) in [5.74, 6) is 0. The first-order chi connectivity index (χ1) is 32.7. The second kappa shape index (κ2) is 30.1. The number of halogens is 6. The summed E-state index contributed by atoms with van der Waals surface area (Å²) in [5.41, 5.74) is 24.8. The first kappa shape index (κ1) is 60.1. The third-order valence-electron chi connectivity index (χ3n) is 13.8. The summed E-state index contributed by atoms with van der Waals surface area (Å²) in [6.07, 6.45) is 9.95. The second-order valence-corrected chi connectivity index (χ2v) is 18.7. The SMILES string of the molecule is Cl.Cl.Cl.Cl.Cl.Cl.c1ccc2c(c1)Cc1cc(NCCCCNCc3cc(CNCCCCNc4ccc5c(c4)Cc4ccccc4-5)cc(CNCCCCNc4ccc5c(c4)Cc4ccccc4-5)c3)ccc1-2. The molecule has 7 aromatic rings. The molecule has 3 aliphatic carbocycles. The molecule has 10 rings (SSSR count). The van der Waals surface area contributed by atoms with Gasteiger partial charge in [0.2, 0.25) is 0 Å². The number of anilines is 3. The summed E-state index contributed by atoms with van der Waals surface area (Å²) in [4.78, 5) is 0. The Balaban J connectivity index is 0.00000187. The van der Waals surface area contributed by atoms with Crippen molar-refractivity contribution in [2.45, 2.75) is 77.4 Å². The molecule has 384 valence electrons. The monoisotopic (exact) mass is 1090 g/mol. The van der Waals surface area contributed by atoms with E-state index in [1.165, 1.54) is 101 Å². The zero-order valence-electron chi connectivity index (χ0n) is 41.0. The average molecular weight is 1090 g/mol. The molecule has 0 spiro atoms. The van der Waals surface area contributed by atoms with Gasteiger partial charge >= 0.3 is 0 Å². The lowest BCUT2D eigenvalue weighted by Crippen LogP contribution is -2.19. The lowest BCUT2D eigenvalue weighted by atomic mass is 10.0. The summed E-state index contributed by atoms with van der Waals surface area (Å²) >= 11 is 0. The van der Waals surface area contributed by atoms with Gasteiger partial charge in [0.1, 0.15) is 0 Å². The van der Waals surface area contributed by atoms with E-state index in [-0.39, 0.29) is 74.4 Å². The Kier molecular flexibility index (Phi) is 25.1. The van der Waals surface area contributed by atoms with Crippen molar-refractivity contribution in [3.05, 3.63) is 196 Å². The molecule has 0 amide bonds. The van der Waals surface area contributed by atoms with E-state index < -0.39 is 0 Å². The fourth-order valence-corrected chi connectivity index (χ4v) is 10.4. The van der Waals surface area contributed by atoms with Crippen molar-refractivity contribution in [2.75, 3.05) is 55.2 Å². The molecule has 0 unspecified atom stereocenters. The van der Waals surface area contributed by atoms with Gasteiger partial charge in [-0.2, -0.15) is 0 Å². The summed E-state index contributed by atoms with van der Waals surface area (Å²) in [5, 5.41) is 22.3. The van der Waals surface area contributed by atoms with Gasteiger partial charge in [-0.25, -0.2) is 0 Å². The smallest absolute Gasteiger partial charge is 0.0343 e. The topological polar surface area (TPSA) is 72.2 Å². The van der Waals surface area contributed by atoms with Crippen molar-refractivity contribution < 1.29 is 0 Å². The van der Waals surface area contributed by atoms with Crippen molar-refractivity contribution in [2.24, 2.45) is 0 Å². The van der Waals surface area contributed by atoms with Gasteiger partial charge in [-0.1, -0.05) is 109 Å². The van der Waals surface area contributed by atoms with Crippen LogP contribution < -0.4 is 31.9 Å². The van der Waals surface area contributed by atoms with Gasteiger partial charge in [0, 0.05) is 56.3 Å². The Bertz CT molecular complexity index is 2470. The van der Waals surface area contributed by atoms with E-state index in [0.717, 1.165) is 117 Å². The van der Waals surface area contributed by atoms with Crippen LogP contribution in [0.4, 0.5) is 17.1 Å². The molecule has 0 atom stereocenters. The molecule has 6 nitrogen and oxygen atoms in total. The molecule has 3 aliphatic rings. The van der Waals surface area contributed by atoms with Crippen molar-refractivity contribution in [1.82, 2.24) is 16.0 Å². The van der Waals surface area contributed by atoms with Crippen molar-refractivity contribution >= 4 is 91.5 Å². The Morgan fingerprint density at radius 1 is 0.264 bits per heavy atom. The van der Waals surface area contributed by atoms with E-state index in [1.807, 2.05) is 0 Å². The number of hydrogen-bond acceptors (Lipinski definition) is 6. The van der Waals surface area contributed by atoms with Crippen LogP contribution in [-0.4, -0.2) is 39.3 Å². The van der Waals surface area contributed by atoms with Crippen LogP contribution in [0.3, 0.4) is 0 Å². The van der Waals surface area contributed by atoms with Gasteiger partial charge in [-0.05, 0) is 197 Å². The number of benzene rings is 7. The van der Waals surface area contributed by atoms with Gasteiger partial charge in [-0.3, -0.25) is 0 Å². The molecule has 0 aromatic heterocycles. The maximum Gasteiger partial charge on any atom is 0.0343 e. The van der Waals surface area contributed by atoms with E-state index in [0.29, 0.717) is 0 Å². The van der Waals surface area contributed by atoms with Crippen molar-refractivity contribution in [3.63, 3.8) is 0 Å². The molecule has 0 aliphatic heterocycles. The zero-order chi connectivity index (χ0) is 44.3. The molecule has 0 saturated heterocycles. The molecular weight excluding hydrogens is 1020 g/mol. The van der Waals surface area contributed by atoms with Gasteiger partial charge < -0.3 is 31.9 Å². The predicted molar refractivity (Wildman–Crippen MR) is 322 cm³/mol. The Morgan fingerprint density at radius 2 is 0.528 bits per heavy atom. The Morgan fingerprint density at radius 3 is 0.833 bits per heavy atom. The maximum absolute atomic E-state index is 3.76. The van der Waals surface area contributed by atoms with Gasteiger partial charge in [0.05, 0.1) is 0 Å². The van der Waals surface area contributed by atoms with Crippen molar-refractivity contribution in [1.29, 1.82) is 0 Å². The van der Waals surface area contributed by atoms with Crippen LogP contribution in [0.15, 0.2) is 146 Å². The van der Waals surface area contributed by atoms with Crippen LogP contribution in [0.2, 0.25) is 0 Å². The molecular formula is C60H72Cl6N6. The Hall–Kier alpha value is -4.44. The number of nitrogens with one attached hydrogen (secondary N) is 6. The van der Waals surface area contributed by atoms with Gasteiger partial charge in [0.15, 0.2) is 0 Å². The second-order valence-electron chi connectivity index (χ2n) is 18.7. The molecule has 72 heavy (non-hydrogen) atoms. The Labute approximate surface area is 466 Å². The highest BCUT2D eigenvalue weighted by molar-refractivity contribution is 5.86. The van der Waals surface area contributed by atoms with Crippen molar-refractivity contribution in [3.8, 4) is 33.4 Å². The fraction of sp³-hybridized carbons (Fsp3) is 0.300. The van der Waals surface area contributed by atoms with Crippen LogP contribution in [0.5, 0.6) is 0 Å². The normalized spacial score (nSPS) is 11.5. The van der Waals surface area contributed by atoms with Crippen LogP contribution in [-0.2, 0) is 38.9 Å². The molecule has 0 fully saturated rings. The minimum Gasteiger partial charge on any atom is -0.385 e. The van der Waals surface area contributed by atoms with Crippen LogP contribution in [0.1, 0.15) is 88.6 Å². The van der Waals surface area contributed by atoms with Crippen LogP contribution in [0, 0.1) is 0 Å². The van der Waals surface area contributed by atoms with Gasteiger partial charge in [-0.15, -0.1) is 74.4 Å². The first-order valence-electron chi connectivity index (χ1n) is 24.8. The third kappa shape index (κ3) is 15.3. The van der Waals surface area contributed by atoms with E-state index in [4.69, 9.17) is 0 Å². The number of unbranched alkanes of at least 4 members (excludes halogenated alkanes) is 3. The zero-order valence-corrected chi connectivity index (χ0v) is 45.9. The minimum atomic E-state index is 0. The summed E-state index contributed by atoms with van der Waals surface area (Å²) in [6.45, 7) is 8.67. The number of hydrogen-bond donors (Lipinski definition) is 6. The fourth-order valence-electron chi connectivity index (χ4n) is 10.4. The minimum absolute atomic E-state index is 0. The summed E-state index contributed by atoms with van der Waals surface area (Å²) in [6, 6.07) is 54.3. The molecule has 7 aromatic carbocycles. The summed E-state index contributed by atoms with van der Waals surface area (Å²) < 4.78 is 0. The first-order valence-corrected chi connectivity index (χ1v) is 24.8. The van der Waals surface area contributed by atoms with Crippen LogP contribution >= 0.6 is 74.4 Å². The molecule has 12 heteroatoms. The standard InChI is InChI=1S/C60H66N6.6ClH/c1-4-16-55-46(13-1)34-49-37-52(19-22-58(49)55)64-28-10-7-25-61-40-43-31-44(41-62-26-8-11-29-65-53-20-23-59-50(38-53)35-47-14-2-5-17-56(47)59)33-45(32-43)42-63-27-9-12-30-66-54-21-24-60-51(39-54)36-48-15-3-6-18-57(48)60;;;;;;/h1-6,13-24,31-33,37-39,61-66H,7-12,25-30,34-36,40-42H2;6*1H. The molecule has 0 heterocycles. The highest BCUT2D eigenvalue weighted by Gasteiger charge is 2.20. The highest BCUT2D eigenvalue weighted by Crippen LogP contribution is 2.40. The molecule has 0 radical (unpaired) electrons. The van der Waals surface area contributed by atoms with E-state index >= 15 is 0 Å². The van der Waals surface area contributed by atoms with Gasteiger partial charge in [0.25, 0.3) is 0 Å². The third-order valence-corrected chi connectivity index (χ3v) is 13.8. The highest BCUT2D eigenvalue weighted by atomic mass is 35.5. The number of rotatable bonds is 24. The average Bonchev–Trinajstić information content (AvgIpc) is 4.03. The quantitative estimate of drug-likeness (QED) is 0.0339. The lowest BCUT2D eigenvalue weighted by Gasteiger charge is -2.13. The van der Waals surface area contributed by atoms with E-state index in [1.54, 1.807) is 0 Å². The van der Waals surface area contributed by atoms with E-state index in [9.17, 15) is 0 Å². The molecule has 6 N–H and O–H groups in total. The van der Waals surface area contributed by atoms with Crippen LogP contribution in [0.25, 0.3) is 33.4 Å². The largest absolute Gasteiger partial charge is 0.385 e. The summed E-state index contributed by atoms with van der Waals surface area (Å²) in [7, 11) is 0.